The second-order valence-electron chi connectivity index (χ2n) is 3.26. The predicted molar refractivity (Wildman–Crippen MR) is 54.0 cm³/mol. The maximum atomic E-state index is 9.78. The van der Waals surface area contributed by atoms with Gasteiger partial charge in [-0.15, -0.1) is 0 Å². The average molecular weight is 204 g/mol. The second-order valence-corrected chi connectivity index (χ2v) is 3.26. The minimum atomic E-state index is -0.580. The molecule has 2 heterocycles. The fraction of sp³-hybridized carbons (Fsp3) is 0.273. The Morgan fingerprint density at radius 1 is 1.40 bits per heavy atom. The molecule has 0 amide bonds. The lowest BCUT2D eigenvalue weighted by molar-refractivity contribution is 0.160. The first-order valence-corrected chi connectivity index (χ1v) is 4.82. The highest BCUT2D eigenvalue weighted by Crippen LogP contribution is 2.16. The molecule has 0 aromatic carbocycles. The Balaban J connectivity index is 1.90. The van der Waals surface area contributed by atoms with Crippen LogP contribution in [-0.2, 0) is 6.42 Å². The Labute approximate surface area is 87.6 Å². The van der Waals surface area contributed by atoms with Crippen LogP contribution in [0.3, 0.4) is 0 Å². The third kappa shape index (κ3) is 2.63. The summed E-state index contributed by atoms with van der Waals surface area (Å²) in [5, 5.41) is 9.78. The van der Waals surface area contributed by atoms with Gasteiger partial charge in [0, 0.05) is 18.8 Å². The molecule has 1 unspecified atom stereocenters. The van der Waals surface area contributed by atoms with Gasteiger partial charge in [0.2, 0.25) is 0 Å². The molecule has 78 valence electrons. The third-order valence-corrected chi connectivity index (χ3v) is 2.17. The first-order valence-electron chi connectivity index (χ1n) is 4.82. The van der Waals surface area contributed by atoms with E-state index in [4.69, 9.17) is 4.42 Å². The summed E-state index contributed by atoms with van der Waals surface area (Å²) in [6.45, 7) is 0. The Hall–Kier alpha value is -1.68. The lowest BCUT2D eigenvalue weighted by Crippen LogP contribution is -2.02. The topological polar surface area (TPSA) is 59.2 Å². The van der Waals surface area contributed by atoms with Gasteiger partial charge in [0.15, 0.2) is 0 Å². The summed E-state index contributed by atoms with van der Waals surface area (Å²) in [5.41, 5.74) is 0.601. The van der Waals surface area contributed by atoms with E-state index in [1.807, 2.05) is 12.1 Å². The number of aryl methyl sites for hydroxylation is 1. The second kappa shape index (κ2) is 4.70. The van der Waals surface area contributed by atoms with Gasteiger partial charge < -0.3 is 9.52 Å². The van der Waals surface area contributed by atoms with Gasteiger partial charge in [0.1, 0.15) is 5.76 Å². The quantitative estimate of drug-likeness (QED) is 0.824. The molecule has 4 nitrogen and oxygen atoms in total. The molecule has 0 fully saturated rings. The van der Waals surface area contributed by atoms with Crippen molar-refractivity contribution in [3.05, 3.63) is 48.4 Å². The van der Waals surface area contributed by atoms with Crippen LogP contribution in [0.1, 0.15) is 24.0 Å². The molecule has 0 saturated carbocycles. The maximum absolute atomic E-state index is 9.78. The SMILES string of the molecule is OC(CCc1ccco1)c1cnccn1. The number of hydrogen-bond donors (Lipinski definition) is 1. The molecule has 0 aliphatic rings. The van der Waals surface area contributed by atoms with Crippen LogP contribution >= 0.6 is 0 Å². The van der Waals surface area contributed by atoms with Gasteiger partial charge in [-0.05, 0) is 18.6 Å². The van der Waals surface area contributed by atoms with Gasteiger partial charge in [-0.25, -0.2) is 0 Å². The minimum Gasteiger partial charge on any atom is -0.469 e. The highest BCUT2D eigenvalue weighted by molar-refractivity contribution is 5.02. The summed E-state index contributed by atoms with van der Waals surface area (Å²) in [5.74, 6) is 0.873. The molecule has 0 bridgehead atoms. The summed E-state index contributed by atoms with van der Waals surface area (Å²) >= 11 is 0. The van der Waals surface area contributed by atoms with Crippen LogP contribution in [0.25, 0.3) is 0 Å². The Morgan fingerprint density at radius 3 is 3.00 bits per heavy atom. The predicted octanol–water partition coefficient (Wildman–Crippen LogP) is 1.74. The van der Waals surface area contributed by atoms with Crippen LogP contribution < -0.4 is 0 Å². The highest BCUT2D eigenvalue weighted by atomic mass is 16.3. The average Bonchev–Trinajstić information content (AvgIpc) is 2.80. The van der Waals surface area contributed by atoms with Crippen molar-refractivity contribution in [1.82, 2.24) is 9.97 Å². The summed E-state index contributed by atoms with van der Waals surface area (Å²) in [6.07, 6.45) is 7.07. The van der Waals surface area contributed by atoms with Gasteiger partial charge in [0.05, 0.1) is 24.3 Å². The van der Waals surface area contributed by atoms with Crippen molar-refractivity contribution in [2.24, 2.45) is 0 Å². The molecular formula is C11H12N2O2. The van der Waals surface area contributed by atoms with Gasteiger partial charge in [-0.1, -0.05) is 0 Å². The van der Waals surface area contributed by atoms with Gasteiger partial charge in [-0.2, -0.15) is 0 Å². The van der Waals surface area contributed by atoms with E-state index in [0.717, 1.165) is 5.76 Å². The Bertz CT molecular complexity index is 386. The van der Waals surface area contributed by atoms with E-state index in [-0.39, 0.29) is 0 Å². The van der Waals surface area contributed by atoms with Crippen molar-refractivity contribution < 1.29 is 9.52 Å². The molecule has 2 aromatic rings. The number of furan rings is 1. The summed E-state index contributed by atoms with van der Waals surface area (Å²) in [6, 6.07) is 3.73. The fourth-order valence-electron chi connectivity index (χ4n) is 1.36. The highest BCUT2D eigenvalue weighted by Gasteiger charge is 2.09. The summed E-state index contributed by atoms with van der Waals surface area (Å²) < 4.78 is 5.17. The lowest BCUT2D eigenvalue weighted by Gasteiger charge is -2.07. The summed E-state index contributed by atoms with van der Waals surface area (Å²) in [7, 11) is 0. The number of aromatic nitrogens is 2. The standard InChI is InChI=1S/C11H12N2O2/c14-11(10-8-12-5-6-13-10)4-3-9-2-1-7-15-9/h1-2,5-8,11,14H,3-4H2. The van der Waals surface area contributed by atoms with Crippen molar-refractivity contribution in [3.63, 3.8) is 0 Å². The van der Waals surface area contributed by atoms with E-state index in [1.165, 1.54) is 0 Å². The largest absolute Gasteiger partial charge is 0.469 e. The van der Waals surface area contributed by atoms with Crippen LogP contribution in [0.5, 0.6) is 0 Å². The molecule has 2 aromatic heterocycles. The van der Waals surface area contributed by atoms with Crippen molar-refractivity contribution in [1.29, 1.82) is 0 Å². The van der Waals surface area contributed by atoms with Crippen LogP contribution in [0, 0.1) is 0 Å². The van der Waals surface area contributed by atoms with E-state index in [9.17, 15) is 5.11 Å². The molecule has 2 rings (SSSR count). The minimum absolute atomic E-state index is 0.580. The molecule has 4 heteroatoms. The Kier molecular flexibility index (Phi) is 3.09. The van der Waals surface area contributed by atoms with E-state index in [1.54, 1.807) is 24.9 Å². The van der Waals surface area contributed by atoms with Crippen molar-refractivity contribution in [2.75, 3.05) is 0 Å². The van der Waals surface area contributed by atoms with E-state index in [2.05, 4.69) is 9.97 Å². The molecule has 0 spiro atoms. The zero-order valence-electron chi connectivity index (χ0n) is 8.21. The van der Waals surface area contributed by atoms with Gasteiger partial charge in [-0.3, -0.25) is 9.97 Å². The number of rotatable bonds is 4. The monoisotopic (exact) mass is 204 g/mol. The molecular weight excluding hydrogens is 192 g/mol. The Morgan fingerprint density at radius 2 is 2.33 bits per heavy atom. The maximum Gasteiger partial charge on any atom is 0.103 e. The molecule has 1 atom stereocenters. The van der Waals surface area contributed by atoms with Crippen molar-refractivity contribution in [2.45, 2.75) is 18.9 Å². The normalized spacial score (nSPS) is 12.6. The third-order valence-electron chi connectivity index (χ3n) is 2.17. The first-order chi connectivity index (χ1) is 7.36. The lowest BCUT2D eigenvalue weighted by atomic mass is 10.1. The molecule has 0 aliphatic carbocycles. The van der Waals surface area contributed by atoms with E-state index in [0.29, 0.717) is 18.5 Å². The zero-order valence-corrected chi connectivity index (χ0v) is 8.21. The molecule has 0 radical (unpaired) electrons. The van der Waals surface area contributed by atoms with Crippen LogP contribution in [0.15, 0.2) is 41.4 Å². The number of aliphatic hydroxyl groups excluding tert-OH is 1. The fourth-order valence-corrected chi connectivity index (χ4v) is 1.36. The number of hydrogen-bond acceptors (Lipinski definition) is 4. The summed E-state index contributed by atoms with van der Waals surface area (Å²) in [4.78, 5) is 7.94. The van der Waals surface area contributed by atoms with Gasteiger partial charge in [0.25, 0.3) is 0 Å². The van der Waals surface area contributed by atoms with Gasteiger partial charge >= 0.3 is 0 Å². The molecule has 1 N–H and O–H groups in total. The van der Waals surface area contributed by atoms with Crippen molar-refractivity contribution in [3.8, 4) is 0 Å². The molecule has 0 aliphatic heterocycles. The molecule has 0 saturated heterocycles. The van der Waals surface area contributed by atoms with E-state index < -0.39 is 6.10 Å². The number of nitrogens with zero attached hydrogens (tertiary/aromatic N) is 2. The van der Waals surface area contributed by atoms with Crippen LogP contribution in [0.4, 0.5) is 0 Å². The van der Waals surface area contributed by atoms with E-state index >= 15 is 0 Å². The first kappa shape index (κ1) is 9.86. The zero-order chi connectivity index (χ0) is 10.5. The molecule has 15 heavy (non-hydrogen) atoms. The van der Waals surface area contributed by atoms with Crippen molar-refractivity contribution >= 4 is 0 Å². The van der Waals surface area contributed by atoms with Crippen LogP contribution in [-0.4, -0.2) is 15.1 Å². The number of aliphatic hydroxyl groups is 1. The smallest absolute Gasteiger partial charge is 0.103 e. The van der Waals surface area contributed by atoms with Crippen LogP contribution in [0.2, 0.25) is 0 Å².